The van der Waals surface area contributed by atoms with Crippen LogP contribution in [0.1, 0.15) is 35.6 Å². The van der Waals surface area contributed by atoms with Crippen molar-refractivity contribution in [3.8, 4) is 11.1 Å². The molecule has 0 radical (unpaired) electrons. The largest absolute Gasteiger partial charge is 0.460 e. The summed E-state index contributed by atoms with van der Waals surface area (Å²) in [5.41, 5.74) is 3.53. The lowest BCUT2D eigenvalue weighted by molar-refractivity contribution is 0.577. The van der Waals surface area contributed by atoms with Crippen molar-refractivity contribution in [3.63, 3.8) is 0 Å². The van der Waals surface area contributed by atoms with Gasteiger partial charge in [-0.15, -0.1) is 0 Å². The van der Waals surface area contributed by atoms with Crippen LogP contribution in [0.5, 0.6) is 0 Å². The molecule has 0 aliphatic heterocycles. The number of rotatable bonds is 2. The molecule has 134 valence electrons. The first-order chi connectivity index (χ1) is 13.0. The number of nitrogens with zero attached hydrogens (tertiary/aromatic N) is 1. The van der Waals surface area contributed by atoms with Crippen LogP contribution >= 0.6 is 0 Å². The van der Waals surface area contributed by atoms with Gasteiger partial charge in [-0.25, -0.2) is 4.39 Å². The lowest BCUT2D eigenvalue weighted by atomic mass is 9.98. The maximum Gasteiger partial charge on any atom is 0.190 e. The molecular weight excluding hydrogens is 341 g/mol. The van der Waals surface area contributed by atoms with Crippen molar-refractivity contribution in [1.29, 1.82) is 0 Å². The summed E-state index contributed by atoms with van der Waals surface area (Å²) in [5.74, 6) is 0.720. The van der Waals surface area contributed by atoms with Gasteiger partial charge < -0.3 is 4.42 Å². The maximum absolute atomic E-state index is 15.1. The van der Waals surface area contributed by atoms with Crippen molar-refractivity contribution in [1.82, 2.24) is 4.98 Å². The number of aryl methyl sites for hydroxylation is 2. The Kier molecular flexibility index (Phi) is 3.44. The quantitative estimate of drug-likeness (QED) is 0.465. The summed E-state index contributed by atoms with van der Waals surface area (Å²) >= 11 is 0. The van der Waals surface area contributed by atoms with Crippen LogP contribution in [-0.4, -0.2) is 4.98 Å². The minimum absolute atomic E-state index is 0.0525. The predicted octanol–water partition coefficient (Wildman–Crippen LogP) is 5.64. The first-order valence-electron chi connectivity index (χ1n) is 9.15. The zero-order valence-corrected chi connectivity index (χ0v) is 15.2. The van der Waals surface area contributed by atoms with Gasteiger partial charge in [-0.05, 0) is 79.5 Å². The fraction of sp³-hybridized carbons (Fsp3) is 0.217. The second-order valence-electron chi connectivity index (χ2n) is 7.34. The summed E-state index contributed by atoms with van der Waals surface area (Å²) < 4.78 is 21.0. The van der Waals surface area contributed by atoms with E-state index >= 15 is 4.39 Å². The summed E-state index contributed by atoms with van der Waals surface area (Å²) in [4.78, 5) is 17.0. The first kappa shape index (κ1) is 16.2. The van der Waals surface area contributed by atoms with E-state index in [1.54, 1.807) is 30.6 Å². The van der Waals surface area contributed by atoms with E-state index in [0.29, 0.717) is 33.6 Å². The zero-order valence-electron chi connectivity index (χ0n) is 15.2. The number of benzene rings is 1. The second-order valence-corrected chi connectivity index (χ2v) is 7.34. The van der Waals surface area contributed by atoms with Gasteiger partial charge in [-0.3, -0.25) is 9.78 Å². The van der Waals surface area contributed by atoms with Crippen LogP contribution in [0.25, 0.3) is 32.9 Å². The standard InChI is InChI=1S/C23H18FNO2/c1-12-13(2)27-23-19-10-20(24)17(15-5-7-25-8-6-15)9-18(19)16(14-3-4-14)11-21(26)22(12)23/h5-11,14H,3-4H2,1-2H3. The smallest absolute Gasteiger partial charge is 0.190 e. The van der Waals surface area contributed by atoms with E-state index in [4.69, 9.17) is 4.42 Å². The number of pyridine rings is 1. The molecule has 1 saturated carbocycles. The van der Waals surface area contributed by atoms with Crippen LogP contribution in [0.4, 0.5) is 4.39 Å². The maximum atomic E-state index is 15.1. The van der Waals surface area contributed by atoms with E-state index in [2.05, 4.69) is 4.98 Å². The van der Waals surface area contributed by atoms with Crippen molar-refractivity contribution in [2.75, 3.05) is 0 Å². The fourth-order valence-electron chi connectivity index (χ4n) is 3.89. The van der Waals surface area contributed by atoms with Gasteiger partial charge in [-0.2, -0.15) is 0 Å². The van der Waals surface area contributed by atoms with Gasteiger partial charge in [0.2, 0.25) is 0 Å². The predicted molar refractivity (Wildman–Crippen MR) is 105 cm³/mol. The van der Waals surface area contributed by atoms with Gasteiger partial charge in [0.1, 0.15) is 17.2 Å². The Bertz CT molecular complexity index is 1270. The number of furan rings is 1. The van der Waals surface area contributed by atoms with Crippen LogP contribution < -0.4 is 5.43 Å². The molecule has 0 spiro atoms. The van der Waals surface area contributed by atoms with E-state index in [9.17, 15) is 4.79 Å². The van der Waals surface area contributed by atoms with Crippen LogP contribution in [0.15, 0.2) is 51.9 Å². The fourth-order valence-corrected chi connectivity index (χ4v) is 3.89. The van der Waals surface area contributed by atoms with E-state index in [-0.39, 0.29) is 11.2 Å². The molecule has 0 N–H and O–H groups in total. The lowest BCUT2D eigenvalue weighted by Gasteiger charge is -2.07. The molecule has 1 aliphatic rings. The highest BCUT2D eigenvalue weighted by Crippen LogP contribution is 2.44. The monoisotopic (exact) mass is 359 g/mol. The average molecular weight is 359 g/mol. The van der Waals surface area contributed by atoms with Crippen molar-refractivity contribution >= 4 is 21.7 Å². The molecule has 27 heavy (non-hydrogen) atoms. The third kappa shape index (κ3) is 2.47. The highest BCUT2D eigenvalue weighted by atomic mass is 19.1. The molecule has 5 rings (SSSR count). The molecule has 4 heteroatoms. The van der Waals surface area contributed by atoms with Crippen LogP contribution in [0, 0.1) is 19.7 Å². The highest BCUT2D eigenvalue weighted by molar-refractivity contribution is 6.06. The third-order valence-corrected chi connectivity index (χ3v) is 5.59. The van der Waals surface area contributed by atoms with E-state index in [0.717, 1.165) is 34.9 Å². The highest BCUT2D eigenvalue weighted by Gasteiger charge is 2.27. The van der Waals surface area contributed by atoms with Gasteiger partial charge in [0.25, 0.3) is 0 Å². The van der Waals surface area contributed by atoms with Crippen LogP contribution in [0.2, 0.25) is 0 Å². The summed E-state index contributed by atoms with van der Waals surface area (Å²) in [6.07, 6.45) is 5.41. The zero-order chi connectivity index (χ0) is 18.7. The lowest BCUT2D eigenvalue weighted by Crippen LogP contribution is -1.97. The Balaban J connectivity index is 1.98. The Morgan fingerprint density at radius 3 is 2.52 bits per heavy atom. The number of hydrogen-bond donors (Lipinski definition) is 0. The average Bonchev–Trinajstić information content (AvgIpc) is 3.47. The minimum atomic E-state index is -0.331. The van der Waals surface area contributed by atoms with E-state index in [1.165, 1.54) is 6.07 Å². The number of aromatic nitrogens is 1. The Morgan fingerprint density at radius 2 is 1.81 bits per heavy atom. The molecule has 0 unspecified atom stereocenters. The van der Waals surface area contributed by atoms with Crippen molar-refractivity contribution in [2.24, 2.45) is 0 Å². The normalized spacial score (nSPS) is 14.2. The van der Waals surface area contributed by atoms with Crippen LogP contribution in [0.3, 0.4) is 0 Å². The Hall–Kier alpha value is -3.01. The second kappa shape index (κ2) is 5.74. The summed E-state index contributed by atoms with van der Waals surface area (Å²) in [5, 5.41) is 2.12. The third-order valence-electron chi connectivity index (χ3n) is 5.59. The Morgan fingerprint density at radius 1 is 1.07 bits per heavy atom. The van der Waals surface area contributed by atoms with Crippen molar-refractivity contribution in [3.05, 3.63) is 75.7 Å². The SMILES string of the molecule is Cc1oc2c(c1C)c(=O)cc(C1CC1)c1cc(-c3ccncc3)c(F)cc12. The first-order valence-corrected chi connectivity index (χ1v) is 9.15. The molecule has 1 fully saturated rings. The molecule has 1 aliphatic carbocycles. The molecule has 0 atom stereocenters. The van der Waals surface area contributed by atoms with Crippen molar-refractivity contribution < 1.29 is 8.81 Å². The molecule has 2 aromatic heterocycles. The van der Waals surface area contributed by atoms with Gasteiger partial charge in [0.15, 0.2) is 5.43 Å². The molecular formula is C23H18FNO2. The molecule has 0 amide bonds. The molecule has 2 heterocycles. The molecule has 3 nitrogen and oxygen atoms in total. The number of hydrogen-bond acceptors (Lipinski definition) is 3. The molecule has 2 aromatic carbocycles. The summed E-state index contributed by atoms with van der Waals surface area (Å²) in [6, 6.07) is 8.69. The van der Waals surface area contributed by atoms with E-state index in [1.807, 2.05) is 19.9 Å². The Labute approximate surface area is 155 Å². The van der Waals surface area contributed by atoms with Gasteiger partial charge in [-0.1, -0.05) is 0 Å². The molecule has 0 bridgehead atoms. The summed E-state index contributed by atoms with van der Waals surface area (Å²) in [6.45, 7) is 3.72. The number of halogens is 1. The van der Waals surface area contributed by atoms with Gasteiger partial charge >= 0.3 is 0 Å². The van der Waals surface area contributed by atoms with Gasteiger partial charge in [0.05, 0.1) is 5.39 Å². The van der Waals surface area contributed by atoms with E-state index < -0.39 is 0 Å². The molecule has 0 saturated heterocycles. The number of fused-ring (bicyclic) bond motifs is 3. The van der Waals surface area contributed by atoms with Crippen molar-refractivity contribution in [2.45, 2.75) is 32.6 Å². The van der Waals surface area contributed by atoms with Gasteiger partial charge in [0, 0.05) is 28.9 Å². The minimum Gasteiger partial charge on any atom is -0.460 e. The van der Waals surface area contributed by atoms with Crippen LogP contribution in [-0.2, 0) is 0 Å². The molecule has 4 aromatic rings. The summed E-state index contributed by atoms with van der Waals surface area (Å²) in [7, 11) is 0. The topological polar surface area (TPSA) is 43.1 Å².